The molecular formula is C25H32N2O3. The van der Waals surface area contributed by atoms with E-state index in [9.17, 15) is 4.79 Å². The Labute approximate surface area is 179 Å². The molecule has 0 aromatic heterocycles. The fourth-order valence-corrected chi connectivity index (χ4v) is 4.24. The van der Waals surface area contributed by atoms with Gasteiger partial charge >= 0.3 is 6.09 Å². The average molecular weight is 409 g/mol. The lowest BCUT2D eigenvalue weighted by Gasteiger charge is -2.41. The van der Waals surface area contributed by atoms with Gasteiger partial charge in [-0.3, -0.25) is 9.80 Å². The maximum atomic E-state index is 13.0. The second-order valence-corrected chi connectivity index (χ2v) is 9.33. The van der Waals surface area contributed by atoms with Crippen LogP contribution in [0.1, 0.15) is 38.3 Å². The van der Waals surface area contributed by atoms with Crippen LogP contribution in [0.25, 0.3) is 0 Å². The van der Waals surface area contributed by atoms with Crippen LogP contribution in [0.4, 0.5) is 4.79 Å². The highest BCUT2D eigenvalue weighted by molar-refractivity contribution is 5.70. The number of carbonyl (C=O) groups excluding carboxylic acids is 1. The van der Waals surface area contributed by atoms with E-state index < -0.39 is 5.60 Å². The molecule has 0 radical (unpaired) electrons. The van der Waals surface area contributed by atoms with Gasteiger partial charge in [0.25, 0.3) is 0 Å². The van der Waals surface area contributed by atoms with Crippen LogP contribution in [-0.2, 0) is 22.6 Å². The van der Waals surface area contributed by atoms with Crippen LogP contribution in [0.5, 0.6) is 0 Å². The van der Waals surface area contributed by atoms with Crippen molar-refractivity contribution in [2.75, 3.05) is 13.2 Å². The third-order valence-corrected chi connectivity index (χ3v) is 5.64. The molecule has 1 aliphatic heterocycles. The lowest BCUT2D eigenvalue weighted by atomic mass is 10.1. The second-order valence-electron chi connectivity index (χ2n) is 9.33. The Balaban J connectivity index is 1.44. The standard InChI is InChI=1S/C25H32N2O3/c1-25(2,3)30-24(28)27-21(18-29-17-20-12-8-5-9-13-20)16-26(22-14-23(22)27)15-19-10-6-4-7-11-19/h4-13,21-23H,14-18H2,1-3H3/t21-,22-,23+/m1/s1. The zero-order valence-electron chi connectivity index (χ0n) is 18.2. The summed E-state index contributed by atoms with van der Waals surface area (Å²) in [5.74, 6) is 0. The molecule has 0 spiro atoms. The van der Waals surface area contributed by atoms with E-state index in [0.717, 1.165) is 25.1 Å². The molecule has 0 bridgehead atoms. The van der Waals surface area contributed by atoms with E-state index in [-0.39, 0.29) is 18.2 Å². The molecule has 0 unspecified atom stereocenters. The highest BCUT2D eigenvalue weighted by atomic mass is 16.6. The van der Waals surface area contributed by atoms with Crippen molar-refractivity contribution < 1.29 is 14.3 Å². The molecule has 2 fully saturated rings. The lowest BCUT2D eigenvalue weighted by molar-refractivity contribution is -0.0272. The Hall–Kier alpha value is -2.37. The van der Waals surface area contributed by atoms with Crippen molar-refractivity contribution in [3.05, 3.63) is 71.8 Å². The number of rotatable bonds is 6. The quantitative estimate of drug-likeness (QED) is 0.707. The minimum atomic E-state index is -0.502. The summed E-state index contributed by atoms with van der Waals surface area (Å²) in [6.45, 7) is 8.50. The molecule has 1 amide bonds. The number of hydrogen-bond donors (Lipinski definition) is 0. The van der Waals surface area contributed by atoms with Gasteiger partial charge in [-0.25, -0.2) is 4.79 Å². The minimum absolute atomic E-state index is 0.0176. The van der Waals surface area contributed by atoms with Crippen molar-refractivity contribution in [3.8, 4) is 0 Å². The van der Waals surface area contributed by atoms with Crippen LogP contribution in [0.3, 0.4) is 0 Å². The molecule has 5 heteroatoms. The molecule has 1 heterocycles. The monoisotopic (exact) mass is 408 g/mol. The van der Waals surface area contributed by atoms with Crippen molar-refractivity contribution in [3.63, 3.8) is 0 Å². The van der Waals surface area contributed by atoms with Crippen LogP contribution in [0.2, 0.25) is 0 Å². The van der Waals surface area contributed by atoms with E-state index in [1.54, 1.807) is 0 Å². The van der Waals surface area contributed by atoms with E-state index in [1.165, 1.54) is 5.56 Å². The highest BCUT2D eigenvalue weighted by Crippen LogP contribution is 2.40. The molecule has 160 valence electrons. The number of nitrogens with zero attached hydrogens (tertiary/aromatic N) is 2. The summed E-state index contributed by atoms with van der Waals surface area (Å²) in [6, 6.07) is 21.3. The van der Waals surface area contributed by atoms with Crippen molar-refractivity contribution in [2.45, 2.75) is 64.1 Å². The van der Waals surface area contributed by atoms with E-state index in [4.69, 9.17) is 9.47 Å². The van der Waals surface area contributed by atoms with Crippen LogP contribution in [0, 0.1) is 0 Å². The van der Waals surface area contributed by atoms with Gasteiger partial charge in [0.05, 0.1) is 25.3 Å². The topological polar surface area (TPSA) is 42.0 Å². The first kappa shape index (κ1) is 20.9. The van der Waals surface area contributed by atoms with E-state index in [0.29, 0.717) is 19.3 Å². The van der Waals surface area contributed by atoms with E-state index in [1.807, 2.05) is 49.9 Å². The molecule has 30 heavy (non-hydrogen) atoms. The first-order chi connectivity index (χ1) is 14.4. The van der Waals surface area contributed by atoms with Crippen molar-refractivity contribution in [1.82, 2.24) is 9.80 Å². The molecule has 2 aromatic carbocycles. The van der Waals surface area contributed by atoms with Crippen LogP contribution in [-0.4, -0.2) is 52.8 Å². The maximum Gasteiger partial charge on any atom is 0.410 e. The van der Waals surface area contributed by atoms with Crippen molar-refractivity contribution in [2.24, 2.45) is 0 Å². The number of hydrogen-bond acceptors (Lipinski definition) is 4. The van der Waals surface area contributed by atoms with Crippen LogP contribution >= 0.6 is 0 Å². The molecule has 4 rings (SSSR count). The summed E-state index contributed by atoms with van der Waals surface area (Å²) in [4.78, 5) is 17.4. The number of benzene rings is 2. The average Bonchev–Trinajstić information content (AvgIpc) is 3.49. The number of amides is 1. The van der Waals surface area contributed by atoms with E-state index >= 15 is 0 Å². The Morgan fingerprint density at radius 3 is 2.23 bits per heavy atom. The zero-order chi connectivity index (χ0) is 21.1. The molecule has 2 aliphatic rings. The summed E-state index contributed by atoms with van der Waals surface area (Å²) < 4.78 is 11.8. The molecular weight excluding hydrogens is 376 g/mol. The second kappa shape index (κ2) is 8.78. The number of ether oxygens (including phenoxy) is 2. The fourth-order valence-electron chi connectivity index (χ4n) is 4.24. The van der Waals surface area contributed by atoms with Crippen molar-refractivity contribution >= 4 is 6.09 Å². The van der Waals surface area contributed by atoms with Gasteiger partial charge < -0.3 is 9.47 Å². The molecule has 1 saturated carbocycles. The van der Waals surface area contributed by atoms with E-state index in [2.05, 4.69) is 41.3 Å². The van der Waals surface area contributed by atoms with Gasteiger partial charge in [-0.15, -0.1) is 0 Å². The minimum Gasteiger partial charge on any atom is -0.444 e. The Morgan fingerprint density at radius 2 is 1.60 bits per heavy atom. The van der Waals surface area contributed by atoms with Gasteiger partial charge in [-0.2, -0.15) is 0 Å². The Bertz CT molecular complexity index is 834. The third-order valence-electron chi connectivity index (χ3n) is 5.64. The summed E-state index contributed by atoms with van der Waals surface area (Å²) in [5, 5.41) is 0. The van der Waals surface area contributed by atoms with Gasteiger partial charge in [0.15, 0.2) is 0 Å². The predicted octanol–water partition coefficient (Wildman–Crippen LogP) is 4.47. The van der Waals surface area contributed by atoms with Gasteiger partial charge in [0, 0.05) is 19.1 Å². The SMILES string of the molecule is CC(C)(C)OC(=O)N1[C@@H](COCc2ccccc2)CN(Cc2ccccc2)[C@@H]2C[C@@H]21. The third kappa shape index (κ3) is 5.21. The molecule has 3 atom stereocenters. The van der Waals surface area contributed by atoms with Gasteiger partial charge in [-0.05, 0) is 38.3 Å². The van der Waals surface area contributed by atoms with Crippen LogP contribution < -0.4 is 0 Å². The normalized spacial score (nSPS) is 23.7. The summed E-state index contributed by atoms with van der Waals surface area (Å²) in [7, 11) is 0. The summed E-state index contributed by atoms with van der Waals surface area (Å²) in [6.07, 6.45) is 0.782. The summed E-state index contributed by atoms with van der Waals surface area (Å²) >= 11 is 0. The largest absolute Gasteiger partial charge is 0.444 e. The highest BCUT2D eigenvalue weighted by Gasteiger charge is 2.54. The first-order valence-electron chi connectivity index (χ1n) is 10.8. The van der Waals surface area contributed by atoms with Gasteiger partial charge in [0.2, 0.25) is 0 Å². The summed E-state index contributed by atoms with van der Waals surface area (Å²) in [5.41, 5.74) is 1.94. The Kier molecular flexibility index (Phi) is 6.11. The Morgan fingerprint density at radius 1 is 0.967 bits per heavy atom. The van der Waals surface area contributed by atoms with Crippen LogP contribution in [0.15, 0.2) is 60.7 Å². The number of fused-ring (bicyclic) bond motifs is 1. The van der Waals surface area contributed by atoms with Crippen molar-refractivity contribution in [1.29, 1.82) is 0 Å². The molecule has 0 N–H and O–H groups in total. The maximum absolute atomic E-state index is 13.0. The lowest BCUT2D eigenvalue weighted by Crippen LogP contribution is -2.57. The predicted molar refractivity (Wildman–Crippen MR) is 117 cm³/mol. The van der Waals surface area contributed by atoms with Gasteiger partial charge in [-0.1, -0.05) is 60.7 Å². The molecule has 5 nitrogen and oxygen atoms in total. The van der Waals surface area contributed by atoms with Gasteiger partial charge in [0.1, 0.15) is 5.60 Å². The molecule has 1 aliphatic carbocycles. The first-order valence-corrected chi connectivity index (χ1v) is 10.8. The zero-order valence-corrected chi connectivity index (χ0v) is 18.2. The smallest absolute Gasteiger partial charge is 0.410 e. The number of piperazine rings is 1. The molecule has 1 saturated heterocycles. The molecule has 2 aromatic rings. The number of carbonyl (C=O) groups is 1. The fraction of sp³-hybridized carbons (Fsp3) is 0.480.